The van der Waals surface area contributed by atoms with Gasteiger partial charge in [-0.15, -0.1) is 0 Å². The van der Waals surface area contributed by atoms with Crippen LogP contribution in [0.5, 0.6) is 0 Å². The Labute approximate surface area is 130 Å². The first-order valence-corrected chi connectivity index (χ1v) is 7.98. The topological polar surface area (TPSA) is 75.4 Å². The van der Waals surface area contributed by atoms with Crippen molar-refractivity contribution >= 4 is 17.5 Å². The molecule has 1 aromatic carbocycles. The van der Waals surface area contributed by atoms with Crippen LogP contribution < -0.4 is 11.1 Å². The molecular formula is C17H23N3O2. The van der Waals surface area contributed by atoms with Gasteiger partial charge < -0.3 is 16.0 Å². The van der Waals surface area contributed by atoms with Gasteiger partial charge in [0.15, 0.2) is 0 Å². The minimum absolute atomic E-state index is 0.0152. The largest absolute Gasteiger partial charge is 0.366 e. The molecule has 0 aromatic heterocycles. The highest BCUT2D eigenvalue weighted by Gasteiger charge is 2.42. The second-order valence-electron chi connectivity index (χ2n) is 6.62. The molecule has 1 saturated heterocycles. The summed E-state index contributed by atoms with van der Waals surface area (Å²) in [5.41, 5.74) is 6.92. The third-order valence-electron chi connectivity index (χ3n) is 5.04. The summed E-state index contributed by atoms with van der Waals surface area (Å²) in [6.07, 6.45) is 5.90. The Kier molecular flexibility index (Phi) is 4.16. The Balaban J connectivity index is 1.43. The molecule has 22 heavy (non-hydrogen) atoms. The molecule has 1 aliphatic heterocycles. The Morgan fingerprint density at radius 1 is 1.18 bits per heavy atom. The average Bonchev–Trinajstić information content (AvgIpc) is 2.90. The zero-order valence-corrected chi connectivity index (χ0v) is 12.8. The van der Waals surface area contributed by atoms with Crippen LogP contribution >= 0.6 is 0 Å². The van der Waals surface area contributed by atoms with Crippen molar-refractivity contribution in [1.29, 1.82) is 0 Å². The third-order valence-corrected chi connectivity index (χ3v) is 5.04. The van der Waals surface area contributed by atoms with Crippen molar-refractivity contribution in [3.63, 3.8) is 0 Å². The van der Waals surface area contributed by atoms with Gasteiger partial charge in [-0.2, -0.15) is 0 Å². The monoisotopic (exact) mass is 301 g/mol. The van der Waals surface area contributed by atoms with E-state index in [4.69, 9.17) is 5.73 Å². The molecule has 0 radical (unpaired) electrons. The molecule has 0 atom stereocenters. The quantitative estimate of drug-likeness (QED) is 0.873. The van der Waals surface area contributed by atoms with Crippen LogP contribution in [0.25, 0.3) is 0 Å². The maximum Gasteiger partial charge on any atom is 0.248 e. The number of nitrogens with zero attached hydrogens (tertiary/aromatic N) is 1. The van der Waals surface area contributed by atoms with Crippen LogP contribution in [-0.2, 0) is 4.79 Å². The van der Waals surface area contributed by atoms with E-state index < -0.39 is 5.91 Å². The predicted molar refractivity (Wildman–Crippen MR) is 85.5 cm³/mol. The lowest BCUT2D eigenvalue weighted by Crippen LogP contribution is -2.34. The van der Waals surface area contributed by atoms with Gasteiger partial charge in [-0.3, -0.25) is 9.59 Å². The van der Waals surface area contributed by atoms with Crippen LogP contribution in [0.1, 0.15) is 42.5 Å². The van der Waals surface area contributed by atoms with Gasteiger partial charge in [-0.05, 0) is 55.5 Å². The summed E-state index contributed by atoms with van der Waals surface area (Å²) in [5, 5.41) is 2.86. The number of amides is 2. The zero-order chi connectivity index (χ0) is 15.6. The molecule has 0 bridgehead atoms. The number of nitrogens with two attached hydrogens (primary N) is 1. The normalized spacial score (nSPS) is 19.8. The van der Waals surface area contributed by atoms with Crippen LogP contribution in [0.4, 0.5) is 5.69 Å². The molecule has 2 fully saturated rings. The van der Waals surface area contributed by atoms with Gasteiger partial charge >= 0.3 is 0 Å². The van der Waals surface area contributed by atoms with Gasteiger partial charge in [0.05, 0.1) is 0 Å². The van der Waals surface area contributed by atoms with Crippen molar-refractivity contribution in [3.8, 4) is 0 Å². The lowest BCUT2D eigenvalue weighted by Gasteiger charge is -2.38. The molecule has 1 aliphatic carbocycles. The van der Waals surface area contributed by atoms with Crippen LogP contribution in [0, 0.1) is 5.41 Å². The summed E-state index contributed by atoms with van der Waals surface area (Å²) in [5.74, 6) is -0.446. The SMILES string of the molecule is NC(=O)c1ccc(NC(=O)CCN2CCC3(CCC3)C2)cc1. The second-order valence-corrected chi connectivity index (χ2v) is 6.62. The zero-order valence-electron chi connectivity index (χ0n) is 12.8. The molecule has 1 saturated carbocycles. The molecule has 1 spiro atoms. The molecule has 2 amide bonds. The Hall–Kier alpha value is -1.88. The Morgan fingerprint density at radius 2 is 1.91 bits per heavy atom. The average molecular weight is 301 g/mol. The molecule has 3 rings (SSSR count). The van der Waals surface area contributed by atoms with Crippen LogP contribution in [0.3, 0.4) is 0 Å². The first-order chi connectivity index (χ1) is 10.6. The minimum Gasteiger partial charge on any atom is -0.366 e. The number of primary amides is 1. The first-order valence-electron chi connectivity index (χ1n) is 7.98. The second kappa shape index (κ2) is 6.08. The van der Waals surface area contributed by atoms with E-state index in [1.165, 1.54) is 25.7 Å². The first kappa shape index (κ1) is 15.0. The standard InChI is InChI=1S/C17H23N3O2/c18-16(22)13-2-4-14(5-3-13)19-15(21)6-10-20-11-9-17(12-20)7-1-8-17/h2-5H,1,6-12H2,(H2,18,22)(H,19,21). The van der Waals surface area contributed by atoms with Crippen molar-refractivity contribution in [3.05, 3.63) is 29.8 Å². The highest BCUT2D eigenvalue weighted by Crippen LogP contribution is 2.47. The number of hydrogen-bond acceptors (Lipinski definition) is 3. The molecule has 1 heterocycles. The highest BCUT2D eigenvalue weighted by molar-refractivity contribution is 5.94. The lowest BCUT2D eigenvalue weighted by molar-refractivity contribution is -0.116. The summed E-state index contributed by atoms with van der Waals surface area (Å²) in [4.78, 5) is 25.4. The summed E-state index contributed by atoms with van der Waals surface area (Å²) in [6, 6.07) is 6.66. The van der Waals surface area contributed by atoms with Crippen LogP contribution in [0.2, 0.25) is 0 Å². The van der Waals surface area contributed by atoms with E-state index in [0.29, 0.717) is 23.1 Å². The lowest BCUT2D eigenvalue weighted by atomic mass is 9.68. The van der Waals surface area contributed by atoms with Gasteiger partial charge in [0, 0.05) is 30.8 Å². The molecule has 0 unspecified atom stereocenters. The number of hydrogen-bond donors (Lipinski definition) is 2. The Morgan fingerprint density at radius 3 is 2.45 bits per heavy atom. The number of benzene rings is 1. The molecule has 118 valence electrons. The van der Waals surface area contributed by atoms with E-state index in [2.05, 4.69) is 10.2 Å². The van der Waals surface area contributed by atoms with Crippen molar-refractivity contribution in [2.24, 2.45) is 11.1 Å². The van der Waals surface area contributed by atoms with Crippen LogP contribution in [-0.4, -0.2) is 36.3 Å². The van der Waals surface area contributed by atoms with E-state index >= 15 is 0 Å². The van der Waals surface area contributed by atoms with E-state index in [1.54, 1.807) is 24.3 Å². The highest BCUT2D eigenvalue weighted by atomic mass is 16.2. The molecule has 5 heteroatoms. The molecule has 1 aromatic rings. The van der Waals surface area contributed by atoms with E-state index in [9.17, 15) is 9.59 Å². The smallest absolute Gasteiger partial charge is 0.248 e. The predicted octanol–water partition coefficient (Wildman–Crippen LogP) is 1.99. The molecule has 5 nitrogen and oxygen atoms in total. The molecule has 3 N–H and O–H groups in total. The van der Waals surface area contributed by atoms with Gasteiger partial charge in [0.1, 0.15) is 0 Å². The van der Waals surface area contributed by atoms with Gasteiger partial charge in [-0.1, -0.05) is 6.42 Å². The van der Waals surface area contributed by atoms with E-state index in [1.807, 2.05) is 0 Å². The number of nitrogens with one attached hydrogen (secondary N) is 1. The van der Waals surface area contributed by atoms with Crippen molar-refractivity contribution < 1.29 is 9.59 Å². The summed E-state index contributed by atoms with van der Waals surface area (Å²) >= 11 is 0. The fourth-order valence-corrected chi connectivity index (χ4v) is 3.50. The van der Waals surface area contributed by atoms with E-state index in [0.717, 1.165) is 19.6 Å². The number of carbonyl (C=O) groups is 2. The number of anilines is 1. The van der Waals surface area contributed by atoms with Crippen molar-refractivity contribution in [2.45, 2.75) is 32.1 Å². The number of rotatable bonds is 5. The maximum absolute atomic E-state index is 12.0. The van der Waals surface area contributed by atoms with Crippen molar-refractivity contribution in [2.75, 3.05) is 25.0 Å². The molecular weight excluding hydrogens is 278 g/mol. The summed E-state index contributed by atoms with van der Waals surface area (Å²) in [6.45, 7) is 3.11. The molecule has 2 aliphatic rings. The van der Waals surface area contributed by atoms with Gasteiger partial charge in [0.25, 0.3) is 0 Å². The summed E-state index contributed by atoms with van der Waals surface area (Å²) in [7, 11) is 0. The van der Waals surface area contributed by atoms with Crippen molar-refractivity contribution in [1.82, 2.24) is 4.90 Å². The number of carbonyl (C=O) groups excluding carboxylic acids is 2. The fraction of sp³-hybridized carbons (Fsp3) is 0.529. The fourth-order valence-electron chi connectivity index (χ4n) is 3.50. The third kappa shape index (κ3) is 3.30. The van der Waals surface area contributed by atoms with Gasteiger partial charge in [0.2, 0.25) is 11.8 Å². The maximum atomic E-state index is 12.0. The van der Waals surface area contributed by atoms with Crippen LogP contribution in [0.15, 0.2) is 24.3 Å². The van der Waals surface area contributed by atoms with E-state index in [-0.39, 0.29) is 5.91 Å². The minimum atomic E-state index is -0.461. The Bertz CT molecular complexity index is 564. The summed E-state index contributed by atoms with van der Waals surface area (Å²) < 4.78 is 0. The van der Waals surface area contributed by atoms with Gasteiger partial charge in [-0.25, -0.2) is 0 Å². The number of likely N-dealkylation sites (tertiary alicyclic amines) is 1.